The van der Waals surface area contributed by atoms with Crippen LogP contribution in [0, 0.1) is 5.82 Å². The molecule has 114 valence electrons. The number of hydrogen-bond acceptors (Lipinski definition) is 3. The quantitative estimate of drug-likeness (QED) is 0.837. The number of hydrogen-bond donors (Lipinski definition) is 2. The lowest BCUT2D eigenvalue weighted by molar-refractivity contribution is -0.118. The Bertz CT molecular complexity index is 530. The van der Waals surface area contributed by atoms with Crippen molar-refractivity contribution in [2.45, 2.75) is 37.8 Å². The number of ether oxygens (including phenoxy) is 1. The lowest BCUT2D eigenvalue weighted by Gasteiger charge is -2.27. The van der Waals surface area contributed by atoms with Crippen LogP contribution in [0.5, 0.6) is 5.75 Å². The molecule has 1 aliphatic carbocycles. The summed E-state index contributed by atoms with van der Waals surface area (Å²) in [6, 6.07) is 4.29. The van der Waals surface area contributed by atoms with Gasteiger partial charge in [0, 0.05) is 6.08 Å². The van der Waals surface area contributed by atoms with E-state index in [4.69, 9.17) is 4.74 Å². The smallest absolute Gasteiger partial charge is 0.244 e. The van der Waals surface area contributed by atoms with Crippen LogP contribution in [0.4, 0.5) is 4.39 Å². The molecule has 5 heteroatoms. The molecule has 0 aromatic heterocycles. The zero-order chi connectivity index (χ0) is 15.2. The van der Waals surface area contributed by atoms with Crippen molar-refractivity contribution >= 4 is 12.0 Å². The van der Waals surface area contributed by atoms with Gasteiger partial charge in [-0.25, -0.2) is 4.39 Å². The molecule has 0 heterocycles. The predicted molar refractivity (Wildman–Crippen MR) is 78.4 cm³/mol. The van der Waals surface area contributed by atoms with Gasteiger partial charge in [-0.3, -0.25) is 4.79 Å². The molecule has 4 nitrogen and oxygen atoms in total. The van der Waals surface area contributed by atoms with Gasteiger partial charge < -0.3 is 15.2 Å². The van der Waals surface area contributed by atoms with Crippen molar-refractivity contribution < 1.29 is 19.0 Å². The van der Waals surface area contributed by atoms with E-state index in [-0.39, 0.29) is 17.7 Å². The van der Waals surface area contributed by atoms with Gasteiger partial charge in [-0.1, -0.05) is 18.9 Å². The zero-order valence-electron chi connectivity index (χ0n) is 12.0. The average Bonchev–Trinajstić information content (AvgIpc) is 2.48. The summed E-state index contributed by atoms with van der Waals surface area (Å²) in [5.74, 6) is -0.582. The van der Waals surface area contributed by atoms with E-state index < -0.39 is 11.9 Å². The van der Waals surface area contributed by atoms with Crippen LogP contribution in [0.15, 0.2) is 24.3 Å². The molecule has 2 rings (SSSR count). The predicted octanol–water partition coefficient (Wildman–Crippen LogP) is 2.27. The SMILES string of the molecule is COc1ccc(/C=C/C(=O)N[C@H]2CCCC[C@@H]2O)cc1F. The first-order chi connectivity index (χ1) is 10.1. The monoisotopic (exact) mass is 293 g/mol. The van der Waals surface area contributed by atoms with Gasteiger partial charge in [-0.2, -0.15) is 0 Å². The summed E-state index contributed by atoms with van der Waals surface area (Å²) in [6.07, 6.45) is 5.92. The van der Waals surface area contributed by atoms with Gasteiger partial charge in [-0.05, 0) is 36.6 Å². The number of aliphatic hydroxyl groups excluding tert-OH is 1. The number of halogens is 1. The third-order valence-corrected chi connectivity index (χ3v) is 3.66. The van der Waals surface area contributed by atoms with Gasteiger partial charge in [0.2, 0.25) is 5.91 Å². The second-order valence-corrected chi connectivity index (χ2v) is 5.19. The van der Waals surface area contributed by atoms with E-state index in [9.17, 15) is 14.3 Å². The van der Waals surface area contributed by atoms with E-state index >= 15 is 0 Å². The van der Waals surface area contributed by atoms with E-state index in [1.54, 1.807) is 6.07 Å². The number of nitrogens with one attached hydrogen (secondary N) is 1. The Morgan fingerprint density at radius 3 is 2.86 bits per heavy atom. The first-order valence-corrected chi connectivity index (χ1v) is 7.10. The van der Waals surface area contributed by atoms with Crippen LogP contribution < -0.4 is 10.1 Å². The summed E-state index contributed by atoms with van der Waals surface area (Å²) < 4.78 is 18.3. The van der Waals surface area contributed by atoms with Gasteiger partial charge in [-0.15, -0.1) is 0 Å². The van der Waals surface area contributed by atoms with Crippen molar-refractivity contribution in [3.05, 3.63) is 35.7 Å². The van der Waals surface area contributed by atoms with Crippen molar-refractivity contribution in [3.63, 3.8) is 0 Å². The Kier molecular flexibility index (Phi) is 5.33. The second-order valence-electron chi connectivity index (χ2n) is 5.19. The van der Waals surface area contributed by atoms with Crippen molar-refractivity contribution in [1.82, 2.24) is 5.32 Å². The maximum Gasteiger partial charge on any atom is 0.244 e. The molecular formula is C16H20FNO3. The van der Waals surface area contributed by atoms with Crippen LogP contribution in [-0.2, 0) is 4.79 Å². The number of rotatable bonds is 4. The molecule has 0 saturated heterocycles. The molecule has 1 aromatic rings. The average molecular weight is 293 g/mol. The molecule has 2 atom stereocenters. The standard InChI is InChI=1S/C16H20FNO3/c1-21-15-8-6-11(10-12(15)17)7-9-16(20)18-13-4-2-3-5-14(13)19/h6-10,13-14,19H,2-5H2,1H3,(H,18,20)/b9-7+/t13-,14-/m0/s1. The Balaban J connectivity index is 1.94. The highest BCUT2D eigenvalue weighted by Crippen LogP contribution is 2.19. The van der Waals surface area contributed by atoms with E-state index in [1.807, 2.05) is 0 Å². The fourth-order valence-electron chi connectivity index (χ4n) is 2.47. The van der Waals surface area contributed by atoms with Crippen LogP contribution in [0.1, 0.15) is 31.2 Å². The molecule has 21 heavy (non-hydrogen) atoms. The number of aliphatic hydroxyl groups is 1. The summed E-state index contributed by atoms with van der Waals surface area (Å²) in [5.41, 5.74) is 0.577. The lowest BCUT2D eigenvalue weighted by atomic mass is 9.92. The van der Waals surface area contributed by atoms with Gasteiger partial charge in [0.05, 0.1) is 19.3 Å². The topological polar surface area (TPSA) is 58.6 Å². The molecule has 1 amide bonds. The highest BCUT2D eigenvalue weighted by Gasteiger charge is 2.23. The van der Waals surface area contributed by atoms with E-state index in [0.717, 1.165) is 25.7 Å². The van der Waals surface area contributed by atoms with E-state index in [1.165, 1.54) is 31.4 Å². The summed E-state index contributed by atoms with van der Waals surface area (Å²) in [6.45, 7) is 0. The Labute approximate surface area is 123 Å². The Morgan fingerprint density at radius 1 is 1.43 bits per heavy atom. The highest BCUT2D eigenvalue weighted by molar-refractivity contribution is 5.91. The highest BCUT2D eigenvalue weighted by atomic mass is 19.1. The molecule has 0 spiro atoms. The molecule has 0 aliphatic heterocycles. The first kappa shape index (κ1) is 15.5. The van der Waals surface area contributed by atoms with Crippen molar-refractivity contribution in [2.24, 2.45) is 0 Å². The van der Waals surface area contributed by atoms with Crippen molar-refractivity contribution in [1.29, 1.82) is 0 Å². The van der Waals surface area contributed by atoms with Gasteiger partial charge in [0.1, 0.15) is 0 Å². The van der Waals surface area contributed by atoms with Crippen LogP contribution in [0.3, 0.4) is 0 Å². The largest absolute Gasteiger partial charge is 0.494 e. The molecule has 1 saturated carbocycles. The Hall–Kier alpha value is -1.88. The maximum atomic E-state index is 13.5. The van der Waals surface area contributed by atoms with Gasteiger partial charge >= 0.3 is 0 Å². The minimum atomic E-state index is -0.477. The fourth-order valence-corrected chi connectivity index (χ4v) is 2.47. The van der Waals surface area contributed by atoms with Gasteiger partial charge in [0.25, 0.3) is 0 Å². The zero-order valence-corrected chi connectivity index (χ0v) is 12.0. The lowest BCUT2D eigenvalue weighted by Crippen LogP contribution is -2.44. The Morgan fingerprint density at radius 2 is 2.19 bits per heavy atom. The molecule has 2 N–H and O–H groups in total. The van der Waals surface area contributed by atoms with Crippen LogP contribution in [-0.4, -0.2) is 30.3 Å². The molecule has 1 aliphatic rings. The third-order valence-electron chi connectivity index (χ3n) is 3.66. The van der Waals surface area contributed by atoms with Crippen LogP contribution in [0.2, 0.25) is 0 Å². The number of benzene rings is 1. The number of carbonyl (C=O) groups excluding carboxylic acids is 1. The second kappa shape index (κ2) is 7.22. The van der Waals surface area contributed by atoms with Crippen molar-refractivity contribution in [2.75, 3.05) is 7.11 Å². The molecule has 0 radical (unpaired) electrons. The van der Waals surface area contributed by atoms with E-state index in [0.29, 0.717) is 5.56 Å². The number of carbonyl (C=O) groups is 1. The summed E-state index contributed by atoms with van der Waals surface area (Å²) in [7, 11) is 1.40. The molecule has 0 bridgehead atoms. The minimum absolute atomic E-state index is 0.168. The van der Waals surface area contributed by atoms with Gasteiger partial charge in [0.15, 0.2) is 11.6 Å². The first-order valence-electron chi connectivity index (χ1n) is 7.10. The summed E-state index contributed by atoms with van der Waals surface area (Å²) in [4.78, 5) is 11.8. The molecular weight excluding hydrogens is 273 g/mol. The van der Waals surface area contributed by atoms with Crippen LogP contribution >= 0.6 is 0 Å². The summed E-state index contributed by atoms with van der Waals surface area (Å²) in [5, 5.41) is 12.6. The molecule has 1 aromatic carbocycles. The maximum absolute atomic E-state index is 13.5. The number of methoxy groups -OCH3 is 1. The normalized spacial score (nSPS) is 22.2. The third kappa shape index (κ3) is 4.29. The number of amides is 1. The molecule has 0 unspecified atom stereocenters. The summed E-state index contributed by atoms with van der Waals surface area (Å²) >= 11 is 0. The minimum Gasteiger partial charge on any atom is -0.494 e. The van der Waals surface area contributed by atoms with Crippen molar-refractivity contribution in [3.8, 4) is 5.75 Å². The van der Waals surface area contributed by atoms with Crippen LogP contribution in [0.25, 0.3) is 6.08 Å². The molecule has 1 fully saturated rings. The van der Waals surface area contributed by atoms with E-state index in [2.05, 4.69) is 5.32 Å². The fraction of sp³-hybridized carbons (Fsp3) is 0.438.